The highest BCUT2D eigenvalue weighted by Gasteiger charge is 2.64. The maximum atomic E-state index is 13.7. The van der Waals surface area contributed by atoms with Crippen molar-refractivity contribution in [2.45, 2.75) is 36.5 Å². The van der Waals surface area contributed by atoms with E-state index in [0.717, 1.165) is 13.3 Å². The van der Waals surface area contributed by atoms with Crippen LogP contribution in [0.1, 0.15) is 6.92 Å². The van der Waals surface area contributed by atoms with Gasteiger partial charge in [0.1, 0.15) is 18.5 Å². The lowest BCUT2D eigenvalue weighted by Gasteiger charge is -2.33. The number of aromatic nitrogens is 4. The van der Waals surface area contributed by atoms with E-state index in [1.807, 2.05) is 0 Å². The van der Waals surface area contributed by atoms with E-state index in [1.54, 1.807) is 0 Å². The maximum Gasteiger partial charge on any atom is 0.523 e. The molecule has 0 bridgehead atoms. The van der Waals surface area contributed by atoms with Crippen LogP contribution >= 0.6 is 0 Å². The van der Waals surface area contributed by atoms with E-state index in [-0.39, 0.29) is 5.52 Å². The summed E-state index contributed by atoms with van der Waals surface area (Å²) in [6.45, 7) is -0.268. The van der Waals surface area contributed by atoms with Crippen molar-refractivity contribution < 1.29 is 49.9 Å². The number of ketones is 1. The predicted molar refractivity (Wildman–Crippen MR) is 86.2 cm³/mol. The molecule has 0 spiro atoms. The number of ether oxygens (including phenoxy) is 1. The van der Waals surface area contributed by atoms with Crippen LogP contribution in [0.5, 0.6) is 0 Å². The molecule has 0 aromatic carbocycles. The molecule has 2 aromatic heterocycles. The summed E-state index contributed by atoms with van der Waals surface area (Å²) in [6.07, 6.45) is -7.23. The molecule has 1 saturated heterocycles. The lowest BCUT2D eigenvalue weighted by atomic mass is 9.99. The zero-order valence-electron chi connectivity index (χ0n) is 14.7. The van der Waals surface area contributed by atoms with Gasteiger partial charge in [-0.25, -0.2) is 4.98 Å². The van der Waals surface area contributed by atoms with Crippen molar-refractivity contribution in [3.8, 4) is 0 Å². The van der Waals surface area contributed by atoms with Gasteiger partial charge in [0.25, 0.3) is 0 Å². The van der Waals surface area contributed by atoms with Crippen LogP contribution in [-0.4, -0.2) is 74.4 Å². The highest BCUT2D eigenvalue weighted by Crippen LogP contribution is 2.42. The summed E-state index contributed by atoms with van der Waals surface area (Å²) in [5.41, 5.74) is -4.13. The lowest BCUT2D eigenvalue weighted by molar-refractivity contribution is -0.170. The first-order valence-electron chi connectivity index (χ1n) is 7.90. The number of nitrogens with two attached hydrogens (primary N) is 1. The average molecular weight is 459 g/mol. The van der Waals surface area contributed by atoms with Gasteiger partial charge in [0.15, 0.2) is 28.9 Å². The van der Waals surface area contributed by atoms with E-state index in [0.29, 0.717) is 4.57 Å². The highest BCUT2D eigenvalue weighted by molar-refractivity contribution is 7.87. The van der Waals surface area contributed by atoms with Gasteiger partial charge in [-0.15, -0.1) is 0 Å². The smallest absolute Gasteiger partial charge is 0.394 e. The SMILES string of the molecule is CC(=O)[C@@]1(n2cnc3c(N)nc(F)nc32)O[C@H](CO)[C@@H](O)[C@H]1OS(=O)(=O)C(F)(F)F. The molecular formula is C13H13F4N5O7S. The Hall–Kier alpha value is -2.47. The number of halogens is 4. The van der Waals surface area contributed by atoms with Crippen molar-refractivity contribution in [3.05, 3.63) is 12.4 Å². The Labute approximate surface area is 164 Å². The maximum absolute atomic E-state index is 13.7. The molecule has 166 valence electrons. The summed E-state index contributed by atoms with van der Waals surface area (Å²) in [4.78, 5) is 22.8. The van der Waals surface area contributed by atoms with Gasteiger partial charge in [-0.3, -0.25) is 13.5 Å². The summed E-state index contributed by atoms with van der Waals surface area (Å²) in [5, 5.41) is 19.7. The molecule has 17 heteroatoms. The number of hydrogen-bond acceptors (Lipinski definition) is 11. The van der Waals surface area contributed by atoms with E-state index >= 15 is 0 Å². The third-order valence-corrected chi connectivity index (χ3v) is 5.39. The number of carbonyl (C=O) groups excluding carboxylic acids is 1. The fourth-order valence-electron chi connectivity index (χ4n) is 3.04. The molecule has 0 saturated carbocycles. The number of alkyl halides is 3. The molecule has 3 heterocycles. The number of nitrogen functional groups attached to an aromatic ring is 1. The van der Waals surface area contributed by atoms with E-state index in [4.69, 9.17) is 10.5 Å². The fourth-order valence-corrected chi connectivity index (χ4v) is 3.66. The molecule has 1 aliphatic rings. The molecule has 4 N–H and O–H groups in total. The van der Waals surface area contributed by atoms with Gasteiger partial charge >= 0.3 is 21.7 Å². The van der Waals surface area contributed by atoms with Crippen LogP contribution in [0.15, 0.2) is 6.33 Å². The second-order valence-electron chi connectivity index (χ2n) is 6.16. The molecule has 1 fully saturated rings. The Kier molecular flexibility index (Phi) is 5.22. The van der Waals surface area contributed by atoms with Crippen LogP contribution < -0.4 is 5.73 Å². The normalized spacial score (nSPS) is 27.6. The Balaban J connectivity index is 2.29. The molecule has 3 rings (SSSR count). The molecule has 30 heavy (non-hydrogen) atoms. The Morgan fingerprint density at radius 2 is 2.07 bits per heavy atom. The summed E-state index contributed by atoms with van der Waals surface area (Å²) >= 11 is 0. The third-order valence-electron chi connectivity index (χ3n) is 4.36. The minimum absolute atomic E-state index is 0.306. The van der Waals surface area contributed by atoms with E-state index in [1.165, 1.54) is 0 Å². The Bertz CT molecular complexity index is 1110. The first-order valence-corrected chi connectivity index (χ1v) is 9.31. The van der Waals surface area contributed by atoms with Crippen molar-refractivity contribution in [3.63, 3.8) is 0 Å². The molecule has 0 aliphatic carbocycles. The van der Waals surface area contributed by atoms with Crippen LogP contribution in [0.3, 0.4) is 0 Å². The average Bonchev–Trinajstić information content (AvgIpc) is 3.14. The van der Waals surface area contributed by atoms with Crippen LogP contribution in [0.2, 0.25) is 0 Å². The van der Waals surface area contributed by atoms with Crippen molar-refractivity contribution in [2.24, 2.45) is 0 Å². The first kappa shape index (κ1) is 22.2. The Morgan fingerprint density at radius 1 is 1.43 bits per heavy atom. The first-order chi connectivity index (χ1) is 13.8. The third kappa shape index (κ3) is 3.18. The number of carbonyl (C=O) groups is 1. The lowest BCUT2D eigenvalue weighted by Crippen LogP contribution is -2.53. The molecular weight excluding hydrogens is 446 g/mol. The Morgan fingerprint density at radius 3 is 2.60 bits per heavy atom. The topological polar surface area (TPSA) is 180 Å². The second kappa shape index (κ2) is 7.05. The minimum Gasteiger partial charge on any atom is -0.394 e. The second-order valence-corrected chi connectivity index (χ2v) is 7.73. The van der Waals surface area contributed by atoms with Gasteiger partial charge in [-0.1, -0.05) is 0 Å². The summed E-state index contributed by atoms with van der Waals surface area (Å²) < 4.78 is 85.4. The number of anilines is 1. The number of nitrogens with zero attached hydrogens (tertiary/aromatic N) is 4. The van der Waals surface area contributed by atoms with Gasteiger partial charge < -0.3 is 20.7 Å². The predicted octanol–water partition coefficient (Wildman–Crippen LogP) is -1.22. The van der Waals surface area contributed by atoms with Gasteiger partial charge in [-0.2, -0.15) is 35.9 Å². The van der Waals surface area contributed by atoms with Crippen molar-refractivity contribution in [1.82, 2.24) is 19.5 Å². The number of aliphatic hydroxyl groups is 2. The number of imidazole rings is 1. The van der Waals surface area contributed by atoms with E-state index in [9.17, 15) is 41.0 Å². The van der Waals surface area contributed by atoms with Crippen LogP contribution in [0, 0.1) is 6.08 Å². The number of hydrogen-bond donors (Lipinski definition) is 3. The molecule has 0 radical (unpaired) electrons. The van der Waals surface area contributed by atoms with Crippen LogP contribution in [0.25, 0.3) is 11.2 Å². The minimum atomic E-state index is -6.35. The fraction of sp³-hybridized carbons (Fsp3) is 0.538. The number of rotatable bonds is 5. The summed E-state index contributed by atoms with van der Waals surface area (Å²) in [5.74, 6) is -1.69. The summed E-state index contributed by atoms with van der Waals surface area (Å²) in [6, 6.07) is 0. The van der Waals surface area contributed by atoms with Crippen LogP contribution in [-0.2, 0) is 29.6 Å². The van der Waals surface area contributed by atoms with Gasteiger partial charge in [0, 0.05) is 0 Å². The van der Waals surface area contributed by atoms with Crippen molar-refractivity contribution in [1.29, 1.82) is 0 Å². The van der Waals surface area contributed by atoms with E-state index in [2.05, 4.69) is 19.1 Å². The molecule has 12 nitrogen and oxygen atoms in total. The highest BCUT2D eigenvalue weighted by atomic mass is 32.2. The van der Waals surface area contributed by atoms with Crippen LogP contribution in [0.4, 0.5) is 23.4 Å². The number of aliphatic hydroxyl groups excluding tert-OH is 2. The molecule has 2 aromatic rings. The summed E-state index contributed by atoms with van der Waals surface area (Å²) in [7, 11) is -6.35. The zero-order chi connectivity index (χ0) is 22.6. The van der Waals surface area contributed by atoms with Crippen molar-refractivity contribution >= 4 is 32.9 Å². The number of fused-ring (bicyclic) bond motifs is 1. The standard InChI is InChI=1S/C13H13F4N5O7S/c1-4(24)12(22-3-19-6-9(18)20-11(14)21-10(6)22)8(7(25)5(2-23)28-12)29-30(26,27)13(15,16)17/h3,5,7-8,23,25H,2H2,1H3,(H2,18,20,21)/t5-,7-,8-,12-/m1/s1. The largest absolute Gasteiger partial charge is 0.523 e. The van der Waals surface area contributed by atoms with Gasteiger partial charge in [-0.05, 0) is 6.92 Å². The molecule has 0 unspecified atom stereocenters. The quantitative estimate of drug-likeness (QED) is 0.211. The number of Topliss-reactive ketones (excluding diaryl/α,β-unsaturated/α-hetero) is 1. The monoisotopic (exact) mass is 459 g/mol. The molecule has 1 aliphatic heterocycles. The zero-order valence-corrected chi connectivity index (χ0v) is 15.6. The van der Waals surface area contributed by atoms with E-state index < -0.39 is 69.6 Å². The van der Waals surface area contributed by atoms with Gasteiger partial charge in [0.05, 0.1) is 6.61 Å². The van der Waals surface area contributed by atoms with Crippen molar-refractivity contribution in [2.75, 3.05) is 12.3 Å². The van der Waals surface area contributed by atoms with Gasteiger partial charge in [0.2, 0.25) is 5.72 Å². The molecule has 0 amide bonds. The molecule has 4 atom stereocenters.